The summed E-state index contributed by atoms with van der Waals surface area (Å²) in [6.45, 7) is 4.68. The first-order chi connectivity index (χ1) is 8.00. The first-order valence-corrected chi connectivity index (χ1v) is 5.98. The second-order valence-corrected chi connectivity index (χ2v) is 4.49. The standard InChI is InChI=1S/C11H14BrNO4/c1-8(2)16-5-6-17-11-7-9(13(14)15)3-4-10(11)12/h3-4,7-8H,5-6H2,1-2H3. The van der Waals surface area contributed by atoms with E-state index in [1.54, 1.807) is 6.07 Å². The molecule has 17 heavy (non-hydrogen) atoms. The molecule has 0 aliphatic carbocycles. The van der Waals surface area contributed by atoms with Crippen molar-refractivity contribution >= 4 is 21.6 Å². The van der Waals surface area contributed by atoms with Crippen LogP contribution in [0.25, 0.3) is 0 Å². The van der Waals surface area contributed by atoms with E-state index in [0.29, 0.717) is 23.4 Å². The molecule has 0 amide bonds. The fraction of sp³-hybridized carbons (Fsp3) is 0.455. The van der Waals surface area contributed by atoms with Crippen LogP contribution in [-0.2, 0) is 4.74 Å². The average Bonchev–Trinajstić information content (AvgIpc) is 2.25. The number of nitro benzene ring substituents is 1. The Morgan fingerprint density at radius 1 is 1.41 bits per heavy atom. The monoisotopic (exact) mass is 303 g/mol. The molecular weight excluding hydrogens is 290 g/mol. The second kappa shape index (κ2) is 6.56. The fourth-order valence-corrected chi connectivity index (χ4v) is 1.51. The van der Waals surface area contributed by atoms with Crippen LogP contribution in [0.1, 0.15) is 13.8 Å². The van der Waals surface area contributed by atoms with Crippen LogP contribution in [0.4, 0.5) is 5.69 Å². The van der Waals surface area contributed by atoms with Crippen LogP contribution >= 0.6 is 15.9 Å². The van der Waals surface area contributed by atoms with Gasteiger partial charge < -0.3 is 9.47 Å². The van der Waals surface area contributed by atoms with Crippen molar-refractivity contribution < 1.29 is 14.4 Å². The van der Waals surface area contributed by atoms with Gasteiger partial charge in [-0.25, -0.2) is 0 Å². The summed E-state index contributed by atoms with van der Waals surface area (Å²) in [5, 5.41) is 10.6. The normalized spacial score (nSPS) is 10.6. The number of nitrogens with zero attached hydrogens (tertiary/aromatic N) is 1. The van der Waals surface area contributed by atoms with Gasteiger partial charge in [-0.2, -0.15) is 0 Å². The molecule has 0 radical (unpaired) electrons. The van der Waals surface area contributed by atoms with Crippen LogP contribution in [0.15, 0.2) is 22.7 Å². The van der Waals surface area contributed by atoms with Crippen molar-refractivity contribution in [1.29, 1.82) is 0 Å². The van der Waals surface area contributed by atoms with E-state index >= 15 is 0 Å². The highest BCUT2D eigenvalue weighted by atomic mass is 79.9. The molecule has 1 aromatic rings. The number of nitro groups is 1. The van der Waals surface area contributed by atoms with Gasteiger partial charge in [0, 0.05) is 6.07 Å². The summed E-state index contributed by atoms with van der Waals surface area (Å²) in [5.41, 5.74) is 0.00739. The van der Waals surface area contributed by atoms with Gasteiger partial charge in [0.15, 0.2) is 0 Å². The van der Waals surface area contributed by atoms with Crippen molar-refractivity contribution in [1.82, 2.24) is 0 Å². The average molecular weight is 304 g/mol. The molecule has 0 unspecified atom stereocenters. The van der Waals surface area contributed by atoms with Crippen LogP contribution in [0, 0.1) is 10.1 Å². The minimum absolute atomic E-state index is 0.00739. The summed E-state index contributed by atoms with van der Waals surface area (Å²) in [6.07, 6.45) is 0.146. The van der Waals surface area contributed by atoms with Crippen LogP contribution in [0.3, 0.4) is 0 Å². The lowest BCUT2D eigenvalue weighted by atomic mass is 10.3. The largest absolute Gasteiger partial charge is 0.490 e. The molecule has 0 bridgehead atoms. The Bertz CT molecular complexity index is 395. The number of halogens is 1. The van der Waals surface area contributed by atoms with Crippen molar-refractivity contribution in [3.8, 4) is 5.75 Å². The van der Waals surface area contributed by atoms with Crippen LogP contribution in [-0.4, -0.2) is 24.2 Å². The number of rotatable bonds is 6. The molecule has 0 saturated heterocycles. The maximum Gasteiger partial charge on any atom is 0.273 e. The fourth-order valence-electron chi connectivity index (χ4n) is 1.15. The van der Waals surface area contributed by atoms with Gasteiger partial charge >= 0.3 is 0 Å². The first kappa shape index (κ1) is 13.9. The highest BCUT2D eigenvalue weighted by Crippen LogP contribution is 2.29. The minimum Gasteiger partial charge on any atom is -0.490 e. The number of benzene rings is 1. The summed E-state index contributed by atoms with van der Waals surface area (Å²) >= 11 is 3.27. The van der Waals surface area contributed by atoms with Gasteiger partial charge in [0.2, 0.25) is 0 Å². The van der Waals surface area contributed by atoms with Gasteiger partial charge in [0.1, 0.15) is 12.4 Å². The molecule has 6 heteroatoms. The van der Waals surface area contributed by atoms with E-state index in [4.69, 9.17) is 9.47 Å². The summed E-state index contributed by atoms with van der Waals surface area (Å²) in [7, 11) is 0. The smallest absolute Gasteiger partial charge is 0.273 e. The van der Waals surface area contributed by atoms with Crippen molar-refractivity contribution in [3.63, 3.8) is 0 Å². The zero-order valence-corrected chi connectivity index (χ0v) is 11.3. The van der Waals surface area contributed by atoms with Crippen molar-refractivity contribution in [2.45, 2.75) is 20.0 Å². The van der Waals surface area contributed by atoms with Crippen molar-refractivity contribution in [2.24, 2.45) is 0 Å². The zero-order valence-electron chi connectivity index (χ0n) is 9.68. The minimum atomic E-state index is -0.454. The number of ether oxygens (including phenoxy) is 2. The Labute approximate surface area is 108 Å². The van der Waals surface area contributed by atoms with Crippen LogP contribution < -0.4 is 4.74 Å². The maximum absolute atomic E-state index is 10.6. The van der Waals surface area contributed by atoms with E-state index in [9.17, 15) is 10.1 Å². The topological polar surface area (TPSA) is 61.6 Å². The van der Waals surface area contributed by atoms with Crippen LogP contribution in [0.5, 0.6) is 5.75 Å². The van der Waals surface area contributed by atoms with Crippen LogP contribution in [0.2, 0.25) is 0 Å². The van der Waals surface area contributed by atoms with Gasteiger partial charge in [0.05, 0.1) is 28.2 Å². The molecule has 1 aromatic carbocycles. The first-order valence-electron chi connectivity index (χ1n) is 5.19. The highest BCUT2D eigenvalue weighted by Gasteiger charge is 2.10. The number of non-ortho nitro benzene ring substituents is 1. The highest BCUT2D eigenvalue weighted by molar-refractivity contribution is 9.10. The molecule has 0 atom stereocenters. The van der Waals surface area contributed by atoms with E-state index in [1.807, 2.05) is 13.8 Å². The van der Waals surface area contributed by atoms with Gasteiger partial charge in [-0.15, -0.1) is 0 Å². The third-order valence-electron chi connectivity index (χ3n) is 1.92. The molecule has 0 spiro atoms. The van der Waals surface area contributed by atoms with Gasteiger partial charge in [-0.05, 0) is 35.8 Å². The van der Waals surface area contributed by atoms with Crippen molar-refractivity contribution in [3.05, 3.63) is 32.8 Å². The molecule has 5 nitrogen and oxygen atoms in total. The predicted octanol–water partition coefficient (Wildman–Crippen LogP) is 3.16. The van der Waals surface area contributed by atoms with Gasteiger partial charge in [0.25, 0.3) is 5.69 Å². The van der Waals surface area contributed by atoms with E-state index in [1.165, 1.54) is 12.1 Å². The van der Waals surface area contributed by atoms with Crippen molar-refractivity contribution in [2.75, 3.05) is 13.2 Å². The predicted molar refractivity (Wildman–Crippen MR) is 67.4 cm³/mol. The molecule has 0 heterocycles. The van der Waals surface area contributed by atoms with E-state index in [0.717, 1.165) is 0 Å². The number of hydrogen-bond donors (Lipinski definition) is 0. The second-order valence-electron chi connectivity index (χ2n) is 3.64. The third kappa shape index (κ3) is 4.70. The summed E-state index contributed by atoms with van der Waals surface area (Å²) in [4.78, 5) is 10.1. The Balaban J connectivity index is 2.57. The molecular formula is C11H14BrNO4. The Morgan fingerprint density at radius 3 is 2.71 bits per heavy atom. The molecule has 0 saturated carbocycles. The van der Waals surface area contributed by atoms with E-state index in [-0.39, 0.29) is 11.8 Å². The molecule has 0 aliphatic heterocycles. The molecule has 1 rings (SSSR count). The van der Waals surface area contributed by atoms with Gasteiger partial charge in [-0.3, -0.25) is 10.1 Å². The molecule has 0 aliphatic rings. The quantitative estimate of drug-likeness (QED) is 0.460. The zero-order chi connectivity index (χ0) is 12.8. The lowest BCUT2D eigenvalue weighted by molar-refractivity contribution is -0.385. The van der Waals surface area contributed by atoms with E-state index in [2.05, 4.69) is 15.9 Å². The Hall–Kier alpha value is -1.14. The molecule has 94 valence electrons. The molecule has 0 aromatic heterocycles. The lowest BCUT2D eigenvalue weighted by Gasteiger charge is -2.10. The SMILES string of the molecule is CC(C)OCCOc1cc([N+](=O)[O-])ccc1Br. The van der Waals surface area contributed by atoms with E-state index < -0.39 is 4.92 Å². The summed E-state index contributed by atoms with van der Waals surface area (Å²) in [5.74, 6) is 0.451. The Morgan fingerprint density at radius 2 is 2.12 bits per heavy atom. The number of hydrogen-bond acceptors (Lipinski definition) is 4. The Kier molecular flexibility index (Phi) is 5.37. The summed E-state index contributed by atoms with van der Waals surface area (Å²) in [6, 6.07) is 4.40. The molecule has 0 N–H and O–H groups in total. The molecule has 0 fully saturated rings. The third-order valence-corrected chi connectivity index (χ3v) is 2.57. The summed E-state index contributed by atoms with van der Waals surface area (Å²) < 4.78 is 11.4. The lowest BCUT2D eigenvalue weighted by Crippen LogP contribution is -2.11. The van der Waals surface area contributed by atoms with Gasteiger partial charge in [-0.1, -0.05) is 0 Å². The maximum atomic E-state index is 10.6.